The summed E-state index contributed by atoms with van der Waals surface area (Å²) >= 11 is 1.61. The van der Waals surface area contributed by atoms with Gasteiger partial charge in [0.1, 0.15) is 6.07 Å². The number of hydrogen-bond acceptors (Lipinski definition) is 3. The summed E-state index contributed by atoms with van der Waals surface area (Å²) in [6, 6.07) is 18.5. The van der Waals surface area contributed by atoms with Gasteiger partial charge in [-0.2, -0.15) is 5.26 Å². The van der Waals surface area contributed by atoms with Gasteiger partial charge in [0.25, 0.3) is 0 Å². The average Bonchev–Trinajstić information content (AvgIpc) is 2.48. The van der Waals surface area contributed by atoms with Crippen LogP contribution in [0.1, 0.15) is 12.5 Å². The number of para-hydroxylation sites is 1. The Labute approximate surface area is 118 Å². The van der Waals surface area contributed by atoms with E-state index in [4.69, 9.17) is 0 Å². The Hall–Kier alpha value is -1.92. The second-order valence-corrected chi connectivity index (χ2v) is 4.89. The van der Waals surface area contributed by atoms with Gasteiger partial charge in [-0.25, -0.2) is 0 Å². The van der Waals surface area contributed by atoms with E-state index in [1.807, 2.05) is 42.7 Å². The highest BCUT2D eigenvalue weighted by Gasteiger charge is 2.14. The molecule has 0 saturated heterocycles. The molecule has 2 aromatic rings. The van der Waals surface area contributed by atoms with Crippen molar-refractivity contribution in [3.05, 3.63) is 54.1 Å². The number of nitriles is 1. The van der Waals surface area contributed by atoms with E-state index in [0.29, 0.717) is 0 Å². The van der Waals surface area contributed by atoms with Crippen LogP contribution < -0.4 is 4.90 Å². The van der Waals surface area contributed by atoms with E-state index in [0.717, 1.165) is 28.4 Å². The Morgan fingerprint density at radius 3 is 2.42 bits per heavy atom. The molecule has 2 nitrogen and oxygen atoms in total. The van der Waals surface area contributed by atoms with Crippen molar-refractivity contribution in [2.45, 2.75) is 11.8 Å². The van der Waals surface area contributed by atoms with Crippen LogP contribution in [0.4, 0.5) is 11.4 Å². The largest absolute Gasteiger partial charge is 0.341 e. The van der Waals surface area contributed by atoms with E-state index in [9.17, 15) is 5.26 Å². The molecule has 0 aromatic heterocycles. The number of nitrogens with zero attached hydrogens (tertiary/aromatic N) is 2. The summed E-state index contributed by atoms with van der Waals surface area (Å²) in [5.74, 6) is 0. The topological polar surface area (TPSA) is 27.0 Å². The smallest absolute Gasteiger partial charge is 0.103 e. The Bertz CT molecular complexity index is 587. The van der Waals surface area contributed by atoms with E-state index >= 15 is 0 Å². The molecule has 2 aromatic carbocycles. The summed E-state index contributed by atoms with van der Waals surface area (Å²) in [5, 5.41) is 9.43. The molecule has 0 fully saturated rings. The molecule has 0 radical (unpaired) electrons. The lowest BCUT2D eigenvalue weighted by Crippen LogP contribution is -2.17. The van der Waals surface area contributed by atoms with E-state index in [-0.39, 0.29) is 0 Å². The zero-order valence-corrected chi connectivity index (χ0v) is 11.9. The summed E-state index contributed by atoms with van der Waals surface area (Å²) in [6.07, 6.45) is 2.00. The average molecular weight is 268 g/mol. The Morgan fingerprint density at radius 1 is 1.11 bits per heavy atom. The number of hydrogen-bond donors (Lipinski definition) is 0. The number of thioether (sulfide) groups is 1. The first-order valence-electron chi connectivity index (χ1n) is 6.21. The number of anilines is 2. The lowest BCUT2D eigenvalue weighted by atomic mass is 10.1. The lowest BCUT2D eigenvalue weighted by molar-refractivity contribution is 1.02. The van der Waals surface area contributed by atoms with Crippen LogP contribution in [0.15, 0.2) is 53.4 Å². The fraction of sp³-hybridized carbons (Fsp3) is 0.188. The van der Waals surface area contributed by atoms with Crippen molar-refractivity contribution >= 4 is 23.1 Å². The molecule has 2 rings (SSSR count). The molecule has 0 bridgehead atoms. The summed E-state index contributed by atoms with van der Waals surface area (Å²) in [6.45, 7) is 2.93. The maximum atomic E-state index is 9.43. The van der Waals surface area contributed by atoms with Crippen molar-refractivity contribution in [2.75, 3.05) is 17.7 Å². The van der Waals surface area contributed by atoms with Gasteiger partial charge >= 0.3 is 0 Å². The monoisotopic (exact) mass is 268 g/mol. The Balaban J connectivity index is 2.54. The van der Waals surface area contributed by atoms with Crippen LogP contribution in [0.5, 0.6) is 0 Å². The fourth-order valence-corrected chi connectivity index (χ4v) is 2.70. The molecule has 0 spiro atoms. The summed E-state index contributed by atoms with van der Waals surface area (Å²) in [5.41, 5.74) is 2.84. The molecule has 0 aliphatic carbocycles. The molecular weight excluding hydrogens is 252 g/mol. The van der Waals surface area contributed by atoms with Crippen molar-refractivity contribution in [3.63, 3.8) is 0 Å². The van der Waals surface area contributed by atoms with Crippen LogP contribution in [0.2, 0.25) is 0 Å². The maximum absolute atomic E-state index is 9.43. The van der Waals surface area contributed by atoms with Gasteiger partial charge in [-0.3, -0.25) is 0 Å². The number of benzene rings is 2. The number of rotatable bonds is 4. The molecule has 0 saturated carbocycles. The molecule has 0 N–H and O–H groups in total. The summed E-state index contributed by atoms with van der Waals surface area (Å²) in [4.78, 5) is 3.19. The minimum absolute atomic E-state index is 0.751. The van der Waals surface area contributed by atoms with E-state index in [1.54, 1.807) is 11.8 Å². The van der Waals surface area contributed by atoms with Crippen molar-refractivity contribution in [3.8, 4) is 6.07 Å². The van der Waals surface area contributed by atoms with Crippen LogP contribution in [0, 0.1) is 11.3 Å². The van der Waals surface area contributed by atoms with Crippen LogP contribution in [-0.4, -0.2) is 12.8 Å². The lowest BCUT2D eigenvalue weighted by Gasteiger charge is -2.25. The van der Waals surface area contributed by atoms with Gasteiger partial charge in [-0.1, -0.05) is 24.3 Å². The summed E-state index contributed by atoms with van der Waals surface area (Å²) in [7, 11) is 0. The molecule has 0 aliphatic heterocycles. The van der Waals surface area contributed by atoms with Crippen LogP contribution >= 0.6 is 11.8 Å². The zero-order chi connectivity index (χ0) is 13.7. The SMILES string of the molecule is CCN(c1ccccc1)c1cccc(SC)c1C#N. The van der Waals surface area contributed by atoms with Crippen LogP contribution in [0.3, 0.4) is 0 Å². The second-order valence-electron chi connectivity index (χ2n) is 4.05. The summed E-state index contributed by atoms with van der Waals surface area (Å²) < 4.78 is 0. The van der Waals surface area contributed by atoms with Gasteiger partial charge in [0, 0.05) is 17.1 Å². The van der Waals surface area contributed by atoms with Crippen molar-refractivity contribution in [1.29, 1.82) is 5.26 Å². The van der Waals surface area contributed by atoms with E-state index in [2.05, 4.69) is 30.0 Å². The third kappa shape index (κ3) is 2.74. The highest BCUT2D eigenvalue weighted by Crippen LogP contribution is 2.33. The van der Waals surface area contributed by atoms with E-state index < -0.39 is 0 Å². The highest BCUT2D eigenvalue weighted by atomic mass is 32.2. The van der Waals surface area contributed by atoms with Gasteiger partial charge < -0.3 is 4.90 Å². The van der Waals surface area contributed by atoms with Gasteiger partial charge in [-0.15, -0.1) is 11.8 Å². The molecule has 96 valence electrons. The van der Waals surface area contributed by atoms with Crippen molar-refractivity contribution in [1.82, 2.24) is 0 Å². The van der Waals surface area contributed by atoms with Crippen LogP contribution in [0.25, 0.3) is 0 Å². The minimum Gasteiger partial charge on any atom is -0.341 e. The Morgan fingerprint density at radius 2 is 1.84 bits per heavy atom. The predicted molar refractivity (Wildman–Crippen MR) is 82.1 cm³/mol. The fourth-order valence-electron chi connectivity index (χ4n) is 2.13. The molecule has 0 atom stereocenters. The standard InChI is InChI=1S/C16H16N2S/c1-3-18(13-8-5-4-6-9-13)15-10-7-11-16(19-2)14(15)12-17/h4-11H,3H2,1-2H3. The van der Waals surface area contributed by atoms with Crippen molar-refractivity contribution in [2.24, 2.45) is 0 Å². The predicted octanol–water partition coefficient (Wildman–Crippen LogP) is 4.44. The minimum atomic E-state index is 0.751. The van der Waals surface area contributed by atoms with Gasteiger partial charge in [0.2, 0.25) is 0 Å². The molecule has 0 unspecified atom stereocenters. The second kappa shape index (κ2) is 6.31. The molecule has 0 heterocycles. The third-order valence-electron chi connectivity index (χ3n) is 3.01. The molecule has 19 heavy (non-hydrogen) atoms. The van der Waals surface area contributed by atoms with Gasteiger partial charge in [0.05, 0.1) is 11.3 Å². The first-order valence-corrected chi connectivity index (χ1v) is 7.44. The van der Waals surface area contributed by atoms with E-state index in [1.165, 1.54) is 0 Å². The first kappa shape index (κ1) is 13.5. The quantitative estimate of drug-likeness (QED) is 0.767. The first-order chi connectivity index (χ1) is 9.31. The third-order valence-corrected chi connectivity index (χ3v) is 3.79. The molecule has 0 aliphatic rings. The zero-order valence-electron chi connectivity index (χ0n) is 11.1. The molecular formula is C16H16N2S. The van der Waals surface area contributed by atoms with Crippen LogP contribution in [-0.2, 0) is 0 Å². The van der Waals surface area contributed by atoms with Crippen molar-refractivity contribution < 1.29 is 0 Å². The Kier molecular flexibility index (Phi) is 4.48. The highest BCUT2D eigenvalue weighted by molar-refractivity contribution is 7.98. The van der Waals surface area contributed by atoms with Gasteiger partial charge in [0.15, 0.2) is 0 Å². The normalized spacial score (nSPS) is 9.95. The molecule has 3 heteroatoms. The van der Waals surface area contributed by atoms with Gasteiger partial charge in [-0.05, 0) is 37.4 Å². The molecule has 0 amide bonds. The maximum Gasteiger partial charge on any atom is 0.103 e.